The number of urea groups is 1. The Bertz CT molecular complexity index is 1690. The lowest BCUT2D eigenvalue weighted by atomic mass is 9.92. The van der Waals surface area contributed by atoms with Crippen LogP contribution in [0.25, 0.3) is 16.9 Å². The molecule has 10 nitrogen and oxygen atoms in total. The molecular formula is C27H24ClN7O3. The van der Waals surface area contributed by atoms with Gasteiger partial charge in [0.2, 0.25) is 0 Å². The van der Waals surface area contributed by atoms with Crippen molar-refractivity contribution in [1.82, 2.24) is 24.7 Å². The molecule has 5 rings (SSSR count). The second kappa shape index (κ2) is 9.98. The summed E-state index contributed by atoms with van der Waals surface area (Å²) in [5.74, 6) is 1.33. The molecule has 0 saturated carbocycles. The van der Waals surface area contributed by atoms with Gasteiger partial charge in [-0.2, -0.15) is 5.10 Å². The predicted octanol–water partition coefficient (Wildman–Crippen LogP) is 5.89. The number of rotatable bonds is 5. The van der Waals surface area contributed by atoms with Crippen molar-refractivity contribution in [1.29, 1.82) is 0 Å². The van der Waals surface area contributed by atoms with Gasteiger partial charge in [-0.3, -0.25) is 10.1 Å². The number of anilines is 2. The van der Waals surface area contributed by atoms with Crippen molar-refractivity contribution in [3.8, 4) is 17.2 Å². The number of hydrogen-bond donors (Lipinski definition) is 3. The smallest absolute Gasteiger partial charge is 0.324 e. The fourth-order valence-electron chi connectivity index (χ4n) is 3.67. The van der Waals surface area contributed by atoms with E-state index < -0.39 is 6.03 Å². The van der Waals surface area contributed by atoms with Gasteiger partial charge in [-0.25, -0.2) is 19.4 Å². The Balaban J connectivity index is 1.34. The molecule has 38 heavy (non-hydrogen) atoms. The third-order valence-corrected chi connectivity index (χ3v) is 5.89. The molecule has 2 amide bonds. The van der Waals surface area contributed by atoms with Crippen LogP contribution in [-0.4, -0.2) is 30.8 Å². The summed E-state index contributed by atoms with van der Waals surface area (Å²) in [5, 5.41) is 10.6. The van der Waals surface area contributed by atoms with E-state index in [1.807, 2.05) is 36.4 Å². The number of ether oxygens (including phenoxy) is 1. The first kappa shape index (κ1) is 25.0. The number of aromatic amines is 1. The third kappa shape index (κ3) is 5.35. The fourth-order valence-corrected chi connectivity index (χ4v) is 3.89. The minimum atomic E-state index is -0.480. The quantitative estimate of drug-likeness (QED) is 0.260. The van der Waals surface area contributed by atoms with E-state index >= 15 is 0 Å². The first-order valence-corrected chi connectivity index (χ1v) is 12.1. The number of carbonyl (C=O) groups is 1. The Hall–Kier alpha value is -4.70. The fraction of sp³-hybridized carbons (Fsp3) is 0.148. The molecule has 0 spiro atoms. The molecule has 0 aliphatic rings. The van der Waals surface area contributed by atoms with Gasteiger partial charge < -0.3 is 15.0 Å². The molecule has 3 N–H and O–H groups in total. The maximum atomic E-state index is 12.9. The standard InChI is InChI=1S/C27H24ClN7O3/c1-27(2,3)21-14-22(35(34-21)16-7-5-4-6-8-16)32-26(37)31-19-10-9-17(13-18(19)28)38-20-11-12-29-25-24(20)30-15-23(36)33-25/h4-15H,1-3H3,(H,29,33,36)(H2,31,32,37). The molecule has 0 saturated heterocycles. The van der Waals surface area contributed by atoms with Crippen LogP contribution in [0.15, 0.2) is 77.9 Å². The van der Waals surface area contributed by atoms with Crippen molar-refractivity contribution < 1.29 is 9.53 Å². The molecule has 2 aromatic carbocycles. The van der Waals surface area contributed by atoms with Crippen LogP contribution in [0.5, 0.6) is 11.5 Å². The largest absolute Gasteiger partial charge is 0.455 e. The lowest BCUT2D eigenvalue weighted by Crippen LogP contribution is -2.21. The number of benzene rings is 2. The van der Waals surface area contributed by atoms with Crippen molar-refractivity contribution in [2.24, 2.45) is 0 Å². The highest BCUT2D eigenvalue weighted by Gasteiger charge is 2.22. The van der Waals surface area contributed by atoms with Gasteiger partial charge in [-0.05, 0) is 24.3 Å². The van der Waals surface area contributed by atoms with Gasteiger partial charge in [0.15, 0.2) is 11.4 Å². The van der Waals surface area contributed by atoms with Crippen LogP contribution in [0.3, 0.4) is 0 Å². The van der Waals surface area contributed by atoms with E-state index in [-0.39, 0.29) is 16.0 Å². The molecule has 0 radical (unpaired) electrons. The van der Waals surface area contributed by atoms with Gasteiger partial charge in [-0.1, -0.05) is 50.6 Å². The number of nitrogens with zero attached hydrogens (tertiary/aromatic N) is 4. The summed E-state index contributed by atoms with van der Waals surface area (Å²) in [6.07, 6.45) is 2.66. The molecule has 0 aliphatic heterocycles. The van der Waals surface area contributed by atoms with Gasteiger partial charge in [0.1, 0.15) is 17.1 Å². The van der Waals surface area contributed by atoms with E-state index in [1.54, 1.807) is 28.9 Å². The van der Waals surface area contributed by atoms with Crippen LogP contribution < -0.4 is 20.9 Å². The summed E-state index contributed by atoms with van der Waals surface area (Å²) in [4.78, 5) is 35.3. The molecule has 0 aliphatic carbocycles. The Morgan fingerprint density at radius 2 is 1.82 bits per heavy atom. The maximum absolute atomic E-state index is 12.9. The van der Waals surface area contributed by atoms with Crippen molar-refractivity contribution in [3.63, 3.8) is 0 Å². The van der Waals surface area contributed by atoms with E-state index in [1.165, 1.54) is 6.20 Å². The maximum Gasteiger partial charge on any atom is 0.324 e. The van der Waals surface area contributed by atoms with Crippen LogP contribution in [0, 0.1) is 0 Å². The molecule has 3 aromatic heterocycles. The average Bonchev–Trinajstić information content (AvgIpc) is 3.30. The zero-order valence-corrected chi connectivity index (χ0v) is 21.6. The van der Waals surface area contributed by atoms with Crippen molar-refractivity contribution in [2.45, 2.75) is 26.2 Å². The number of halogens is 1. The molecule has 0 fully saturated rings. The number of fused-ring (bicyclic) bond motifs is 1. The number of amides is 2. The van der Waals surface area contributed by atoms with E-state index in [0.29, 0.717) is 34.2 Å². The second-order valence-corrected chi connectivity index (χ2v) is 9.90. The van der Waals surface area contributed by atoms with E-state index in [2.05, 4.69) is 46.4 Å². The van der Waals surface area contributed by atoms with Crippen molar-refractivity contribution in [3.05, 3.63) is 94.1 Å². The lowest BCUT2D eigenvalue weighted by molar-refractivity contribution is 0.262. The Labute approximate surface area is 222 Å². The van der Waals surface area contributed by atoms with Crippen LogP contribution in [-0.2, 0) is 5.41 Å². The number of aromatic nitrogens is 5. The Morgan fingerprint density at radius 1 is 1.03 bits per heavy atom. The van der Waals surface area contributed by atoms with Gasteiger partial charge in [0.25, 0.3) is 5.56 Å². The van der Waals surface area contributed by atoms with E-state index in [0.717, 1.165) is 17.6 Å². The summed E-state index contributed by atoms with van der Waals surface area (Å²) < 4.78 is 7.61. The van der Waals surface area contributed by atoms with E-state index in [9.17, 15) is 9.59 Å². The molecule has 0 atom stereocenters. The molecule has 5 aromatic rings. The highest BCUT2D eigenvalue weighted by atomic mass is 35.5. The zero-order valence-electron chi connectivity index (χ0n) is 20.8. The SMILES string of the molecule is CC(C)(C)c1cc(NC(=O)Nc2ccc(Oc3ccnc4[nH]c(=O)cnc34)cc2Cl)n(-c2ccccc2)n1. The number of hydrogen-bond acceptors (Lipinski definition) is 6. The molecule has 11 heteroatoms. The molecule has 0 bridgehead atoms. The number of nitrogens with one attached hydrogen (secondary N) is 3. The number of para-hydroxylation sites is 1. The Kier molecular flexibility index (Phi) is 6.56. The predicted molar refractivity (Wildman–Crippen MR) is 147 cm³/mol. The number of pyridine rings is 1. The second-order valence-electron chi connectivity index (χ2n) is 9.49. The first-order chi connectivity index (χ1) is 18.2. The minimum Gasteiger partial charge on any atom is -0.455 e. The summed E-state index contributed by atoms with van der Waals surface area (Å²) in [5.41, 5.74) is 2.17. The summed E-state index contributed by atoms with van der Waals surface area (Å²) in [6, 6.07) is 17.4. The van der Waals surface area contributed by atoms with Gasteiger partial charge in [-0.15, -0.1) is 0 Å². The topological polar surface area (TPSA) is 127 Å². The molecule has 192 valence electrons. The summed E-state index contributed by atoms with van der Waals surface area (Å²) in [6.45, 7) is 6.17. The van der Waals surface area contributed by atoms with Gasteiger partial charge >= 0.3 is 6.03 Å². The monoisotopic (exact) mass is 529 g/mol. The van der Waals surface area contributed by atoms with Gasteiger partial charge in [0.05, 0.1) is 28.3 Å². The lowest BCUT2D eigenvalue weighted by Gasteiger charge is -2.14. The summed E-state index contributed by atoms with van der Waals surface area (Å²) in [7, 11) is 0. The highest BCUT2D eigenvalue weighted by Crippen LogP contribution is 2.32. The zero-order chi connectivity index (χ0) is 26.9. The van der Waals surface area contributed by atoms with Crippen molar-refractivity contribution >= 4 is 40.3 Å². The third-order valence-electron chi connectivity index (χ3n) is 5.58. The Morgan fingerprint density at radius 3 is 2.55 bits per heavy atom. The van der Waals surface area contributed by atoms with Crippen LogP contribution in [0.1, 0.15) is 26.5 Å². The van der Waals surface area contributed by atoms with Crippen LogP contribution in [0.4, 0.5) is 16.3 Å². The molecule has 0 unspecified atom stereocenters. The van der Waals surface area contributed by atoms with Crippen LogP contribution >= 0.6 is 11.6 Å². The number of carbonyl (C=O) groups excluding carboxylic acids is 1. The van der Waals surface area contributed by atoms with Gasteiger partial charge in [0, 0.05) is 29.8 Å². The van der Waals surface area contributed by atoms with Crippen molar-refractivity contribution in [2.75, 3.05) is 10.6 Å². The summed E-state index contributed by atoms with van der Waals surface area (Å²) >= 11 is 6.46. The molecule has 3 heterocycles. The first-order valence-electron chi connectivity index (χ1n) is 11.7. The minimum absolute atomic E-state index is 0.211. The molecular weight excluding hydrogens is 506 g/mol. The average molecular weight is 530 g/mol. The van der Waals surface area contributed by atoms with Crippen LogP contribution in [0.2, 0.25) is 5.02 Å². The highest BCUT2D eigenvalue weighted by molar-refractivity contribution is 6.34. The van der Waals surface area contributed by atoms with E-state index in [4.69, 9.17) is 21.4 Å². The normalized spacial score (nSPS) is 11.4. The number of H-pyrrole nitrogens is 1.